The van der Waals surface area contributed by atoms with Gasteiger partial charge in [0, 0.05) is 17.1 Å². The zero-order valence-corrected chi connectivity index (χ0v) is 17.4. The van der Waals surface area contributed by atoms with E-state index in [1.807, 2.05) is 64.1 Å². The average molecular weight is 404 g/mol. The van der Waals surface area contributed by atoms with Crippen LogP contribution in [-0.4, -0.2) is 30.3 Å². The van der Waals surface area contributed by atoms with Gasteiger partial charge in [0.2, 0.25) is 5.13 Å². The maximum Gasteiger partial charge on any atom is 0.257 e. The molecule has 0 atom stereocenters. The predicted molar refractivity (Wildman–Crippen MR) is 114 cm³/mol. The molecule has 0 aliphatic carbocycles. The van der Waals surface area contributed by atoms with Crippen molar-refractivity contribution in [2.75, 3.05) is 5.32 Å². The Balaban J connectivity index is 1.57. The highest BCUT2D eigenvalue weighted by molar-refractivity contribution is 7.10. The summed E-state index contributed by atoms with van der Waals surface area (Å²) in [7, 11) is 0. The molecule has 0 unspecified atom stereocenters. The maximum absolute atomic E-state index is 12.5. The molecule has 0 aliphatic rings. The minimum absolute atomic E-state index is 0.212. The minimum atomic E-state index is -0.212. The summed E-state index contributed by atoms with van der Waals surface area (Å²) in [6, 6.07) is 13.6. The number of hydrogen-bond acceptors (Lipinski definition) is 6. The summed E-state index contributed by atoms with van der Waals surface area (Å²) in [5, 5.41) is 11.8. The maximum atomic E-state index is 12.5. The van der Waals surface area contributed by atoms with Crippen molar-refractivity contribution in [1.82, 2.24) is 24.4 Å². The Kier molecular flexibility index (Phi) is 4.94. The molecule has 1 N–H and O–H groups in total. The number of benzene rings is 2. The molecule has 2 aromatic carbocycles. The molecule has 8 heteroatoms. The summed E-state index contributed by atoms with van der Waals surface area (Å²) < 4.78 is 6.13. The topological polar surface area (TPSA) is 85.6 Å². The lowest BCUT2D eigenvalue weighted by molar-refractivity contribution is 0.102. The van der Waals surface area contributed by atoms with Crippen LogP contribution < -0.4 is 5.32 Å². The van der Waals surface area contributed by atoms with E-state index in [1.165, 1.54) is 0 Å². The second-order valence-corrected chi connectivity index (χ2v) is 7.65. The van der Waals surface area contributed by atoms with Gasteiger partial charge in [0.25, 0.3) is 5.91 Å². The number of anilines is 1. The zero-order valence-electron chi connectivity index (χ0n) is 16.6. The fraction of sp³-hybridized carbons (Fsp3) is 0.190. The number of para-hydroxylation sites is 1. The molecule has 4 rings (SSSR count). The van der Waals surface area contributed by atoms with Crippen LogP contribution in [0, 0.1) is 27.7 Å². The van der Waals surface area contributed by atoms with E-state index < -0.39 is 0 Å². The van der Waals surface area contributed by atoms with Crippen molar-refractivity contribution >= 4 is 22.6 Å². The third-order valence-electron chi connectivity index (χ3n) is 4.87. The number of aromatic nitrogens is 5. The highest BCUT2D eigenvalue weighted by Crippen LogP contribution is 2.25. The molecule has 2 aromatic heterocycles. The Morgan fingerprint density at radius 2 is 1.79 bits per heavy atom. The van der Waals surface area contributed by atoms with Crippen LogP contribution in [0.4, 0.5) is 5.13 Å². The highest BCUT2D eigenvalue weighted by atomic mass is 32.1. The van der Waals surface area contributed by atoms with Gasteiger partial charge in [-0.2, -0.15) is 9.36 Å². The minimum Gasteiger partial charge on any atom is -0.297 e. The van der Waals surface area contributed by atoms with Crippen LogP contribution in [0.15, 0.2) is 42.5 Å². The number of nitrogens with one attached hydrogen (secondary N) is 1. The van der Waals surface area contributed by atoms with Crippen molar-refractivity contribution in [2.45, 2.75) is 27.7 Å². The molecule has 0 saturated carbocycles. The van der Waals surface area contributed by atoms with Gasteiger partial charge >= 0.3 is 0 Å². The van der Waals surface area contributed by atoms with Crippen LogP contribution >= 0.6 is 11.5 Å². The van der Waals surface area contributed by atoms with Gasteiger partial charge in [-0.1, -0.05) is 29.5 Å². The Bertz CT molecular complexity index is 1210. The van der Waals surface area contributed by atoms with E-state index in [0.717, 1.165) is 39.6 Å². The largest absolute Gasteiger partial charge is 0.297 e. The summed E-state index contributed by atoms with van der Waals surface area (Å²) in [4.78, 5) is 16.9. The van der Waals surface area contributed by atoms with Gasteiger partial charge in [0.1, 0.15) is 0 Å². The number of rotatable bonds is 4. The monoisotopic (exact) mass is 404 g/mol. The highest BCUT2D eigenvalue weighted by Gasteiger charge is 2.18. The fourth-order valence-corrected chi connectivity index (χ4v) is 3.55. The molecular formula is C21H20N6OS. The van der Waals surface area contributed by atoms with E-state index in [9.17, 15) is 4.79 Å². The number of carbonyl (C=O) groups excluding carboxylic acids is 1. The molecule has 0 radical (unpaired) electrons. The van der Waals surface area contributed by atoms with Crippen LogP contribution in [0.3, 0.4) is 0 Å². The van der Waals surface area contributed by atoms with E-state index in [-0.39, 0.29) is 5.91 Å². The standard InChI is InChI=1S/C21H20N6OS/c1-12-9-10-16(11-14(12)3)20(28)23-21-22-19(25-29-21)18-15(4)27(26-24-18)17-8-6-5-7-13(17)2/h5-11H,1-4H3,(H,22,23,25,28). The number of carbonyl (C=O) groups is 1. The van der Waals surface area contributed by atoms with Crippen molar-refractivity contribution in [3.63, 3.8) is 0 Å². The van der Waals surface area contributed by atoms with Crippen LogP contribution in [0.25, 0.3) is 17.2 Å². The second-order valence-electron chi connectivity index (χ2n) is 6.90. The number of aryl methyl sites for hydroxylation is 3. The number of nitrogens with zero attached hydrogens (tertiary/aromatic N) is 5. The summed E-state index contributed by atoms with van der Waals surface area (Å²) in [6.45, 7) is 7.95. The summed E-state index contributed by atoms with van der Waals surface area (Å²) in [6.07, 6.45) is 0. The molecule has 0 spiro atoms. The lowest BCUT2D eigenvalue weighted by Gasteiger charge is -2.06. The first-order valence-electron chi connectivity index (χ1n) is 9.15. The van der Waals surface area contributed by atoms with Gasteiger partial charge in [-0.3, -0.25) is 10.1 Å². The third kappa shape index (κ3) is 3.66. The summed E-state index contributed by atoms with van der Waals surface area (Å²) >= 11 is 1.12. The van der Waals surface area contributed by atoms with Crippen molar-refractivity contribution in [3.8, 4) is 17.2 Å². The Labute approximate surface area is 172 Å². The van der Waals surface area contributed by atoms with Gasteiger partial charge in [0.05, 0.1) is 11.4 Å². The van der Waals surface area contributed by atoms with Crippen molar-refractivity contribution in [1.29, 1.82) is 0 Å². The smallest absolute Gasteiger partial charge is 0.257 e. The SMILES string of the molecule is Cc1ccc(C(=O)Nc2nc(-c3nnn(-c4ccccc4C)c3C)ns2)cc1C. The molecule has 2 heterocycles. The van der Waals surface area contributed by atoms with E-state index in [2.05, 4.69) is 25.0 Å². The lowest BCUT2D eigenvalue weighted by atomic mass is 10.1. The lowest BCUT2D eigenvalue weighted by Crippen LogP contribution is -2.12. The molecule has 29 heavy (non-hydrogen) atoms. The molecule has 7 nitrogen and oxygen atoms in total. The molecule has 0 saturated heterocycles. The van der Waals surface area contributed by atoms with E-state index in [4.69, 9.17) is 0 Å². The molecule has 1 amide bonds. The summed E-state index contributed by atoms with van der Waals surface area (Å²) in [5.74, 6) is 0.235. The van der Waals surface area contributed by atoms with Gasteiger partial charge in [0.15, 0.2) is 11.5 Å². The van der Waals surface area contributed by atoms with Gasteiger partial charge < -0.3 is 0 Å². The van der Waals surface area contributed by atoms with Gasteiger partial charge in [-0.15, -0.1) is 5.10 Å². The second kappa shape index (κ2) is 7.56. The van der Waals surface area contributed by atoms with Crippen LogP contribution in [-0.2, 0) is 0 Å². The van der Waals surface area contributed by atoms with Crippen molar-refractivity contribution in [2.24, 2.45) is 0 Å². The Morgan fingerprint density at radius 1 is 1.00 bits per heavy atom. The summed E-state index contributed by atoms with van der Waals surface area (Å²) in [5.41, 5.74) is 6.29. The quantitative estimate of drug-likeness (QED) is 0.549. The average Bonchev–Trinajstić information content (AvgIpc) is 3.31. The first-order valence-corrected chi connectivity index (χ1v) is 9.92. The van der Waals surface area contributed by atoms with Crippen LogP contribution in [0.2, 0.25) is 0 Å². The van der Waals surface area contributed by atoms with Crippen LogP contribution in [0.1, 0.15) is 32.7 Å². The van der Waals surface area contributed by atoms with Crippen molar-refractivity contribution < 1.29 is 4.79 Å². The number of hydrogen-bond donors (Lipinski definition) is 1. The number of amides is 1. The first kappa shape index (κ1) is 18.9. The molecule has 0 aliphatic heterocycles. The molecular weight excluding hydrogens is 384 g/mol. The van der Waals surface area contributed by atoms with Crippen molar-refractivity contribution in [3.05, 3.63) is 70.4 Å². The molecule has 146 valence electrons. The molecule has 0 fully saturated rings. The molecule has 4 aromatic rings. The third-order valence-corrected chi connectivity index (χ3v) is 5.50. The van der Waals surface area contributed by atoms with Gasteiger partial charge in [-0.25, -0.2) is 4.68 Å². The first-order chi connectivity index (χ1) is 13.9. The van der Waals surface area contributed by atoms with Gasteiger partial charge in [-0.05, 0) is 62.6 Å². The molecule has 0 bridgehead atoms. The Morgan fingerprint density at radius 3 is 2.55 bits per heavy atom. The predicted octanol–water partition coefficient (Wildman–Crippen LogP) is 4.27. The van der Waals surface area contributed by atoms with E-state index >= 15 is 0 Å². The fourth-order valence-electron chi connectivity index (χ4n) is 2.99. The normalized spacial score (nSPS) is 10.9. The Hall–Kier alpha value is -3.39. The van der Waals surface area contributed by atoms with E-state index in [0.29, 0.717) is 22.2 Å². The zero-order chi connectivity index (χ0) is 20.5. The van der Waals surface area contributed by atoms with E-state index in [1.54, 1.807) is 10.7 Å². The van der Waals surface area contributed by atoms with Crippen LogP contribution in [0.5, 0.6) is 0 Å².